The zero-order valence-corrected chi connectivity index (χ0v) is 10.1. The minimum atomic E-state index is -0.513. The lowest BCUT2D eigenvalue weighted by molar-refractivity contribution is -0.116. The van der Waals surface area contributed by atoms with Crippen LogP contribution in [0.15, 0.2) is 18.2 Å². The summed E-state index contributed by atoms with van der Waals surface area (Å²) in [6, 6.07) is 4.88. The molecule has 0 radical (unpaired) electrons. The Morgan fingerprint density at radius 3 is 2.88 bits per heavy atom. The van der Waals surface area contributed by atoms with Gasteiger partial charge in [-0.25, -0.2) is 4.39 Å². The number of hydrogen-bond acceptors (Lipinski definition) is 2. The van der Waals surface area contributed by atoms with Gasteiger partial charge in [0.25, 0.3) is 0 Å². The fourth-order valence-electron chi connectivity index (χ4n) is 1.50. The fraction of sp³-hybridized carbons (Fsp3) is 0.417. The van der Waals surface area contributed by atoms with Crippen LogP contribution in [0, 0.1) is 5.82 Å². The summed E-state index contributed by atoms with van der Waals surface area (Å²) in [6.07, 6.45) is 2.68. The van der Waals surface area contributed by atoms with Crippen LogP contribution in [-0.4, -0.2) is 18.5 Å². The van der Waals surface area contributed by atoms with Gasteiger partial charge in [-0.2, -0.15) is 0 Å². The highest BCUT2D eigenvalue weighted by Gasteiger charge is 2.20. The van der Waals surface area contributed by atoms with Crippen molar-refractivity contribution in [3.63, 3.8) is 0 Å². The third-order valence-electron chi connectivity index (χ3n) is 2.59. The van der Waals surface area contributed by atoms with Crippen LogP contribution in [0.25, 0.3) is 0 Å². The molecule has 0 bridgehead atoms. The Labute approximate surface area is 104 Å². The topological polar surface area (TPSA) is 41.1 Å². The van der Waals surface area contributed by atoms with Crippen molar-refractivity contribution in [2.45, 2.75) is 25.3 Å². The van der Waals surface area contributed by atoms with E-state index >= 15 is 0 Å². The summed E-state index contributed by atoms with van der Waals surface area (Å²) >= 11 is 5.80. The molecule has 0 atom stereocenters. The molecule has 0 saturated heterocycles. The van der Waals surface area contributed by atoms with Crippen LogP contribution in [-0.2, 0) is 4.79 Å². The number of para-hydroxylation sites is 1. The van der Waals surface area contributed by atoms with Gasteiger partial charge in [-0.3, -0.25) is 4.79 Å². The number of rotatable bonds is 5. The maximum Gasteiger partial charge on any atom is 0.225 e. The first kappa shape index (κ1) is 12.3. The van der Waals surface area contributed by atoms with Gasteiger partial charge >= 0.3 is 0 Å². The zero-order valence-electron chi connectivity index (χ0n) is 9.30. The molecule has 17 heavy (non-hydrogen) atoms. The molecule has 0 heterocycles. The van der Waals surface area contributed by atoms with E-state index in [9.17, 15) is 9.18 Å². The van der Waals surface area contributed by atoms with Crippen LogP contribution in [0.4, 0.5) is 10.1 Å². The second kappa shape index (κ2) is 5.47. The number of halogens is 2. The highest BCUT2D eigenvalue weighted by Crippen LogP contribution is 2.24. The second-order valence-corrected chi connectivity index (χ2v) is 4.53. The maximum atomic E-state index is 13.4. The highest BCUT2D eigenvalue weighted by atomic mass is 35.5. The molecule has 2 rings (SSSR count). The molecule has 1 aliphatic carbocycles. The Balaban J connectivity index is 1.84. The van der Waals surface area contributed by atoms with Crippen molar-refractivity contribution in [2.24, 2.45) is 0 Å². The molecule has 1 aromatic carbocycles. The summed E-state index contributed by atoms with van der Waals surface area (Å²) in [6.45, 7) is 0.614. The molecule has 0 aromatic heterocycles. The summed E-state index contributed by atoms with van der Waals surface area (Å²) in [7, 11) is 0. The van der Waals surface area contributed by atoms with Crippen molar-refractivity contribution >= 4 is 23.2 Å². The van der Waals surface area contributed by atoms with E-state index in [1.807, 2.05) is 0 Å². The van der Waals surface area contributed by atoms with E-state index in [2.05, 4.69) is 10.6 Å². The summed E-state index contributed by atoms with van der Waals surface area (Å²) in [5, 5.41) is 5.92. The smallest absolute Gasteiger partial charge is 0.225 e. The first-order valence-electron chi connectivity index (χ1n) is 5.64. The number of anilines is 1. The third kappa shape index (κ3) is 3.68. The van der Waals surface area contributed by atoms with Gasteiger partial charge in [-0.15, -0.1) is 0 Å². The van der Waals surface area contributed by atoms with Crippen LogP contribution in [0.5, 0.6) is 0 Å². The first-order valence-corrected chi connectivity index (χ1v) is 6.02. The van der Waals surface area contributed by atoms with Crippen LogP contribution in [0.1, 0.15) is 19.3 Å². The molecular formula is C12H14ClFN2O. The minimum Gasteiger partial charge on any atom is -0.322 e. The van der Waals surface area contributed by atoms with Crippen LogP contribution < -0.4 is 10.6 Å². The third-order valence-corrected chi connectivity index (χ3v) is 2.90. The minimum absolute atomic E-state index is 0.0607. The largest absolute Gasteiger partial charge is 0.322 e. The number of benzene rings is 1. The molecule has 3 nitrogen and oxygen atoms in total. The van der Waals surface area contributed by atoms with Crippen molar-refractivity contribution < 1.29 is 9.18 Å². The van der Waals surface area contributed by atoms with Crippen molar-refractivity contribution in [3.05, 3.63) is 29.0 Å². The average Bonchev–Trinajstić information content (AvgIpc) is 3.08. The molecule has 0 spiro atoms. The number of nitrogens with one attached hydrogen (secondary N) is 2. The van der Waals surface area contributed by atoms with Gasteiger partial charge in [0.2, 0.25) is 5.91 Å². The van der Waals surface area contributed by atoms with E-state index in [4.69, 9.17) is 11.6 Å². The molecule has 1 saturated carbocycles. The van der Waals surface area contributed by atoms with Crippen molar-refractivity contribution in [3.8, 4) is 0 Å². The summed E-state index contributed by atoms with van der Waals surface area (Å²) < 4.78 is 13.4. The van der Waals surface area contributed by atoms with E-state index in [0.717, 1.165) is 0 Å². The Morgan fingerprint density at radius 2 is 2.24 bits per heavy atom. The summed E-state index contributed by atoms with van der Waals surface area (Å²) in [5.41, 5.74) is 0.0607. The van der Waals surface area contributed by atoms with Crippen LogP contribution in [0.2, 0.25) is 5.02 Å². The SMILES string of the molecule is O=C(CCNC1CC1)Nc1c(F)cccc1Cl. The zero-order chi connectivity index (χ0) is 12.3. The van der Waals surface area contributed by atoms with E-state index in [1.165, 1.54) is 25.0 Å². The molecular weight excluding hydrogens is 243 g/mol. The molecule has 92 valence electrons. The molecule has 0 unspecified atom stereocenters. The van der Waals surface area contributed by atoms with Crippen molar-refractivity contribution in [1.29, 1.82) is 0 Å². The Hall–Kier alpha value is -1.13. The van der Waals surface area contributed by atoms with Gasteiger partial charge in [0.15, 0.2) is 0 Å². The standard InChI is InChI=1S/C12H14ClFN2O/c13-9-2-1-3-10(14)12(9)16-11(17)6-7-15-8-4-5-8/h1-3,8,15H,4-7H2,(H,16,17). The van der Waals surface area contributed by atoms with E-state index in [1.54, 1.807) is 6.07 Å². The molecule has 1 amide bonds. The van der Waals surface area contributed by atoms with Gasteiger partial charge in [-0.05, 0) is 25.0 Å². The Morgan fingerprint density at radius 1 is 1.47 bits per heavy atom. The van der Waals surface area contributed by atoms with Gasteiger partial charge in [-0.1, -0.05) is 17.7 Å². The molecule has 1 aromatic rings. The van der Waals surface area contributed by atoms with E-state index in [0.29, 0.717) is 19.0 Å². The number of amides is 1. The van der Waals surface area contributed by atoms with Crippen molar-refractivity contribution in [2.75, 3.05) is 11.9 Å². The quantitative estimate of drug-likeness (QED) is 0.850. The van der Waals surface area contributed by atoms with E-state index < -0.39 is 5.82 Å². The Bertz CT molecular complexity index is 401. The highest BCUT2D eigenvalue weighted by molar-refractivity contribution is 6.33. The predicted molar refractivity (Wildman–Crippen MR) is 65.7 cm³/mol. The van der Waals surface area contributed by atoms with E-state index in [-0.39, 0.29) is 16.6 Å². The van der Waals surface area contributed by atoms with Crippen LogP contribution in [0.3, 0.4) is 0 Å². The van der Waals surface area contributed by atoms with Gasteiger partial charge in [0, 0.05) is 19.0 Å². The lowest BCUT2D eigenvalue weighted by atomic mass is 10.3. The first-order chi connectivity index (χ1) is 8.16. The number of carbonyl (C=O) groups is 1. The molecule has 1 aliphatic rings. The lowest BCUT2D eigenvalue weighted by Gasteiger charge is -2.08. The van der Waals surface area contributed by atoms with Gasteiger partial charge < -0.3 is 10.6 Å². The van der Waals surface area contributed by atoms with Gasteiger partial charge in [0.05, 0.1) is 10.7 Å². The lowest BCUT2D eigenvalue weighted by Crippen LogP contribution is -2.23. The maximum absolute atomic E-state index is 13.4. The molecule has 1 fully saturated rings. The van der Waals surface area contributed by atoms with Crippen molar-refractivity contribution in [1.82, 2.24) is 5.32 Å². The normalized spacial score (nSPS) is 14.7. The van der Waals surface area contributed by atoms with Gasteiger partial charge in [0.1, 0.15) is 5.82 Å². The summed E-state index contributed by atoms with van der Waals surface area (Å²) in [4.78, 5) is 11.5. The number of carbonyl (C=O) groups excluding carboxylic acids is 1. The Kier molecular flexibility index (Phi) is 3.97. The average molecular weight is 257 g/mol. The second-order valence-electron chi connectivity index (χ2n) is 4.12. The van der Waals surface area contributed by atoms with Crippen LogP contribution >= 0.6 is 11.6 Å². The number of hydrogen-bond donors (Lipinski definition) is 2. The molecule has 0 aliphatic heterocycles. The molecule has 5 heteroatoms. The molecule has 2 N–H and O–H groups in total. The summed E-state index contributed by atoms with van der Waals surface area (Å²) in [5.74, 6) is -0.744. The fourth-order valence-corrected chi connectivity index (χ4v) is 1.71. The predicted octanol–water partition coefficient (Wildman–Crippen LogP) is 2.56. The monoisotopic (exact) mass is 256 g/mol.